The molecule has 188 valence electrons. The number of aromatic nitrogens is 1. The lowest BCUT2D eigenvalue weighted by Gasteiger charge is -2.33. The minimum Gasteiger partial charge on any atom is -0.485 e. The zero-order chi connectivity index (χ0) is 23.9. The first kappa shape index (κ1) is 23.8. The molecule has 2 aliphatic heterocycles. The van der Waals surface area contributed by atoms with E-state index in [9.17, 15) is 4.79 Å². The number of ether oxygens (including phenoxy) is 2. The van der Waals surface area contributed by atoms with Gasteiger partial charge in [0.2, 0.25) is 5.88 Å². The van der Waals surface area contributed by atoms with E-state index in [-0.39, 0.29) is 6.04 Å². The number of rotatable bonds is 8. The molecule has 0 saturated carbocycles. The van der Waals surface area contributed by atoms with Crippen LogP contribution in [0.3, 0.4) is 0 Å². The normalized spacial score (nSPS) is 18.4. The van der Waals surface area contributed by atoms with Crippen LogP contribution in [0, 0.1) is 0 Å². The van der Waals surface area contributed by atoms with Gasteiger partial charge in [-0.1, -0.05) is 18.9 Å². The average Bonchev–Trinajstić information content (AvgIpc) is 3.46. The smallest absolute Gasteiger partial charge is 0.414 e. The van der Waals surface area contributed by atoms with Gasteiger partial charge in [0.1, 0.15) is 18.1 Å². The molecule has 2 aromatic heterocycles. The number of likely N-dealkylation sites (tertiary alicyclic amines) is 2. The number of aromatic amines is 1. The Balaban J connectivity index is 1.07. The Labute approximate surface area is 206 Å². The summed E-state index contributed by atoms with van der Waals surface area (Å²) in [6.07, 6.45) is 8.54. The van der Waals surface area contributed by atoms with Crippen molar-refractivity contribution in [2.75, 3.05) is 39.3 Å². The second kappa shape index (κ2) is 11.6. The zero-order valence-electron chi connectivity index (χ0n) is 20.3. The number of H-pyrrole nitrogens is 1. The fraction of sp³-hybridized carbons (Fsp3) is 0.519. The molecule has 8 nitrogen and oxygen atoms in total. The molecule has 2 N–H and O–H groups in total. The van der Waals surface area contributed by atoms with E-state index >= 15 is 0 Å². The molecule has 8 heteroatoms. The predicted octanol–water partition coefficient (Wildman–Crippen LogP) is 4.77. The van der Waals surface area contributed by atoms with Crippen LogP contribution in [0.25, 0.3) is 10.9 Å². The average molecular weight is 481 g/mol. The Morgan fingerprint density at radius 1 is 1.00 bits per heavy atom. The van der Waals surface area contributed by atoms with Crippen molar-refractivity contribution in [2.45, 2.75) is 51.2 Å². The number of amides is 1. The predicted molar refractivity (Wildman–Crippen MR) is 135 cm³/mol. The SMILES string of the molecule is O=C(NC1CCN(CCN2CCCCCC2)CC1)Oc1cc2c(OCc3ccco3)cccc2[nH]1. The first-order valence-electron chi connectivity index (χ1n) is 12.9. The van der Waals surface area contributed by atoms with E-state index in [2.05, 4.69) is 20.1 Å². The molecule has 4 heterocycles. The standard InChI is InChI=1S/C27H36N4O4/c32-27(28-21-10-14-31(15-11-21)17-16-30-12-3-1-2-4-13-30)35-26-19-23-24(29-26)8-5-9-25(23)34-20-22-7-6-18-33-22/h5-9,18-19,21,29H,1-4,10-17,20H2,(H,28,32). The third-order valence-electron chi connectivity index (χ3n) is 7.09. The highest BCUT2D eigenvalue weighted by atomic mass is 16.6. The molecule has 3 aromatic rings. The van der Waals surface area contributed by atoms with Gasteiger partial charge in [0.25, 0.3) is 0 Å². The van der Waals surface area contributed by atoms with Gasteiger partial charge >= 0.3 is 6.09 Å². The van der Waals surface area contributed by atoms with Crippen LogP contribution in [-0.2, 0) is 6.61 Å². The molecule has 2 fully saturated rings. The van der Waals surface area contributed by atoms with Crippen molar-refractivity contribution in [1.82, 2.24) is 20.1 Å². The monoisotopic (exact) mass is 480 g/mol. The number of piperidine rings is 1. The van der Waals surface area contributed by atoms with E-state index in [4.69, 9.17) is 13.9 Å². The van der Waals surface area contributed by atoms with Gasteiger partial charge in [0, 0.05) is 43.7 Å². The van der Waals surface area contributed by atoms with Crippen LogP contribution in [0.15, 0.2) is 47.1 Å². The fourth-order valence-electron chi connectivity index (χ4n) is 5.07. The summed E-state index contributed by atoms with van der Waals surface area (Å²) in [4.78, 5) is 20.8. The summed E-state index contributed by atoms with van der Waals surface area (Å²) < 4.78 is 16.8. The number of nitrogens with zero attached hydrogens (tertiary/aromatic N) is 2. The molecule has 0 unspecified atom stereocenters. The molecular weight excluding hydrogens is 444 g/mol. The highest BCUT2D eigenvalue weighted by Gasteiger charge is 2.22. The Bertz CT molecular complexity index is 1060. The number of carbonyl (C=O) groups is 1. The van der Waals surface area contributed by atoms with Crippen LogP contribution in [0.4, 0.5) is 4.79 Å². The van der Waals surface area contributed by atoms with Crippen molar-refractivity contribution in [3.05, 3.63) is 48.4 Å². The van der Waals surface area contributed by atoms with Gasteiger partial charge in [-0.2, -0.15) is 0 Å². The van der Waals surface area contributed by atoms with E-state index in [1.54, 1.807) is 12.3 Å². The molecule has 1 aromatic carbocycles. The van der Waals surface area contributed by atoms with E-state index in [1.165, 1.54) is 38.8 Å². The molecule has 2 aliphatic rings. The van der Waals surface area contributed by atoms with Gasteiger partial charge < -0.3 is 34.0 Å². The second-order valence-electron chi connectivity index (χ2n) is 9.62. The van der Waals surface area contributed by atoms with Gasteiger partial charge in [-0.05, 0) is 63.0 Å². The second-order valence-corrected chi connectivity index (χ2v) is 9.62. The third kappa shape index (κ3) is 6.58. The lowest BCUT2D eigenvalue weighted by Crippen LogP contribution is -2.47. The molecule has 0 radical (unpaired) electrons. The van der Waals surface area contributed by atoms with E-state index in [0.717, 1.165) is 55.7 Å². The van der Waals surface area contributed by atoms with Gasteiger partial charge in [0.15, 0.2) is 0 Å². The van der Waals surface area contributed by atoms with E-state index in [0.29, 0.717) is 18.2 Å². The number of benzene rings is 1. The van der Waals surface area contributed by atoms with Gasteiger partial charge in [-0.3, -0.25) is 0 Å². The van der Waals surface area contributed by atoms with Crippen LogP contribution in [0.5, 0.6) is 11.6 Å². The maximum absolute atomic E-state index is 12.6. The van der Waals surface area contributed by atoms with Crippen LogP contribution in [-0.4, -0.2) is 66.2 Å². The highest BCUT2D eigenvalue weighted by Crippen LogP contribution is 2.30. The summed E-state index contributed by atoms with van der Waals surface area (Å²) in [5.74, 6) is 1.86. The van der Waals surface area contributed by atoms with Crippen molar-refractivity contribution >= 4 is 17.0 Å². The summed E-state index contributed by atoms with van der Waals surface area (Å²) in [5, 5.41) is 3.90. The summed E-state index contributed by atoms with van der Waals surface area (Å²) in [5.41, 5.74) is 0.850. The quantitative estimate of drug-likeness (QED) is 0.483. The number of hydrogen-bond acceptors (Lipinski definition) is 6. The van der Waals surface area contributed by atoms with Gasteiger partial charge in [0.05, 0.1) is 11.8 Å². The van der Waals surface area contributed by atoms with Gasteiger partial charge in [-0.25, -0.2) is 4.79 Å². The van der Waals surface area contributed by atoms with Crippen LogP contribution < -0.4 is 14.8 Å². The maximum atomic E-state index is 12.6. The van der Waals surface area contributed by atoms with Crippen LogP contribution in [0.1, 0.15) is 44.3 Å². The zero-order valence-corrected chi connectivity index (χ0v) is 20.3. The molecule has 5 rings (SSSR count). The highest BCUT2D eigenvalue weighted by molar-refractivity contribution is 5.88. The van der Waals surface area contributed by atoms with Crippen LogP contribution >= 0.6 is 0 Å². The summed E-state index contributed by atoms with van der Waals surface area (Å²) in [6, 6.07) is 11.4. The molecule has 1 amide bonds. The van der Waals surface area contributed by atoms with Gasteiger partial charge in [-0.15, -0.1) is 0 Å². The Morgan fingerprint density at radius 3 is 2.51 bits per heavy atom. The third-order valence-corrected chi connectivity index (χ3v) is 7.09. The van der Waals surface area contributed by atoms with Crippen molar-refractivity contribution in [3.8, 4) is 11.6 Å². The maximum Gasteiger partial charge on any atom is 0.414 e. The minimum absolute atomic E-state index is 0.147. The first-order valence-corrected chi connectivity index (χ1v) is 12.9. The molecule has 0 aliphatic carbocycles. The van der Waals surface area contributed by atoms with Crippen molar-refractivity contribution < 1.29 is 18.7 Å². The molecule has 35 heavy (non-hydrogen) atoms. The number of carbonyl (C=O) groups excluding carboxylic acids is 1. The summed E-state index contributed by atoms with van der Waals surface area (Å²) in [6.45, 7) is 7.14. The van der Waals surface area contributed by atoms with Crippen LogP contribution in [0.2, 0.25) is 0 Å². The molecule has 0 bridgehead atoms. The lowest BCUT2D eigenvalue weighted by atomic mass is 10.1. The lowest BCUT2D eigenvalue weighted by molar-refractivity contribution is 0.157. The fourth-order valence-corrected chi connectivity index (χ4v) is 5.07. The van der Waals surface area contributed by atoms with Crippen molar-refractivity contribution in [3.63, 3.8) is 0 Å². The summed E-state index contributed by atoms with van der Waals surface area (Å²) in [7, 11) is 0. The number of nitrogens with one attached hydrogen (secondary N) is 2. The Kier molecular flexibility index (Phi) is 7.90. The minimum atomic E-state index is -0.419. The van der Waals surface area contributed by atoms with E-state index in [1.807, 2.05) is 30.3 Å². The molecule has 0 atom stereocenters. The molecule has 2 saturated heterocycles. The van der Waals surface area contributed by atoms with Crippen molar-refractivity contribution in [1.29, 1.82) is 0 Å². The number of hydrogen-bond donors (Lipinski definition) is 2. The molecule has 0 spiro atoms. The van der Waals surface area contributed by atoms with E-state index < -0.39 is 6.09 Å². The summed E-state index contributed by atoms with van der Waals surface area (Å²) >= 11 is 0. The first-order chi connectivity index (χ1) is 17.2. The molecular formula is C27H36N4O4. The van der Waals surface area contributed by atoms with Crippen molar-refractivity contribution in [2.24, 2.45) is 0 Å². The Hall–Kier alpha value is -2.97. The Morgan fingerprint density at radius 2 is 1.77 bits per heavy atom. The number of furan rings is 1. The number of fused-ring (bicyclic) bond motifs is 1. The largest absolute Gasteiger partial charge is 0.485 e. The topological polar surface area (TPSA) is 83.0 Å².